The molecule has 0 aliphatic carbocycles. The van der Waals surface area contributed by atoms with Crippen molar-refractivity contribution in [3.05, 3.63) is 29.3 Å². The van der Waals surface area contributed by atoms with Crippen LogP contribution in [0.15, 0.2) is 18.2 Å². The number of halogens is 3. The molecule has 1 rings (SSSR count). The number of ether oxygens (including phenoxy) is 3. The van der Waals surface area contributed by atoms with Crippen LogP contribution >= 0.6 is 0 Å². The Morgan fingerprint density at radius 3 is 2.43 bits per heavy atom. The average Bonchev–Trinajstić information content (AvgIpc) is 2.41. The van der Waals surface area contributed by atoms with Gasteiger partial charge in [0.25, 0.3) is 0 Å². The fourth-order valence-corrected chi connectivity index (χ4v) is 1.50. The molecule has 0 heterocycles. The molecule has 5 nitrogen and oxygen atoms in total. The van der Waals surface area contributed by atoms with Gasteiger partial charge in [-0.25, -0.2) is 0 Å². The standard InChI is InChI=1S/C13H17F3N2O3/c1-19-4-5-20-6-7-21-11-3-2-9(12(17)18)8-10(11)13(14,15)16/h2-3,8H,4-7H2,1H3,(H3,17,18). The van der Waals surface area contributed by atoms with Crippen LogP contribution in [-0.4, -0.2) is 39.4 Å². The first-order valence-corrected chi connectivity index (χ1v) is 6.11. The minimum Gasteiger partial charge on any atom is -0.491 e. The molecule has 0 saturated carbocycles. The van der Waals surface area contributed by atoms with Crippen LogP contribution in [-0.2, 0) is 15.7 Å². The van der Waals surface area contributed by atoms with Gasteiger partial charge in [-0.1, -0.05) is 0 Å². The van der Waals surface area contributed by atoms with Gasteiger partial charge in [-0.2, -0.15) is 13.2 Å². The van der Waals surface area contributed by atoms with Crippen molar-refractivity contribution < 1.29 is 27.4 Å². The van der Waals surface area contributed by atoms with Crippen molar-refractivity contribution in [1.82, 2.24) is 0 Å². The van der Waals surface area contributed by atoms with Crippen molar-refractivity contribution in [1.29, 1.82) is 5.41 Å². The fourth-order valence-electron chi connectivity index (χ4n) is 1.50. The Morgan fingerprint density at radius 2 is 1.86 bits per heavy atom. The molecule has 1 aromatic carbocycles. The van der Waals surface area contributed by atoms with E-state index in [9.17, 15) is 13.2 Å². The molecule has 0 unspecified atom stereocenters. The minimum atomic E-state index is -4.59. The van der Waals surface area contributed by atoms with Crippen molar-refractivity contribution in [2.75, 3.05) is 33.5 Å². The first kappa shape index (κ1) is 17.3. The maximum atomic E-state index is 12.9. The van der Waals surface area contributed by atoms with Gasteiger partial charge < -0.3 is 19.9 Å². The second kappa shape index (κ2) is 7.84. The Labute approximate surface area is 120 Å². The third-order valence-corrected chi connectivity index (χ3v) is 2.51. The van der Waals surface area contributed by atoms with E-state index in [2.05, 4.69) is 0 Å². The summed E-state index contributed by atoms with van der Waals surface area (Å²) in [6.07, 6.45) is -4.59. The van der Waals surface area contributed by atoms with Crippen LogP contribution in [0.25, 0.3) is 0 Å². The maximum absolute atomic E-state index is 12.9. The lowest BCUT2D eigenvalue weighted by Gasteiger charge is -2.15. The molecular weight excluding hydrogens is 289 g/mol. The van der Waals surface area contributed by atoms with E-state index in [-0.39, 0.29) is 24.5 Å². The first-order chi connectivity index (χ1) is 9.86. The summed E-state index contributed by atoms with van der Waals surface area (Å²) in [5, 5.41) is 7.18. The molecule has 0 saturated heterocycles. The van der Waals surface area contributed by atoms with Crippen LogP contribution in [0.2, 0.25) is 0 Å². The number of hydrogen-bond acceptors (Lipinski definition) is 4. The van der Waals surface area contributed by atoms with Crippen molar-refractivity contribution in [3.63, 3.8) is 0 Å². The van der Waals surface area contributed by atoms with Gasteiger partial charge in [0, 0.05) is 12.7 Å². The van der Waals surface area contributed by atoms with E-state index in [1.165, 1.54) is 13.2 Å². The first-order valence-electron chi connectivity index (χ1n) is 6.11. The lowest BCUT2D eigenvalue weighted by atomic mass is 10.1. The smallest absolute Gasteiger partial charge is 0.419 e. The number of nitrogens with two attached hydrogens (primary N) is 1. The molecule has 0 aliphatic heterocycles. The molecule has 0 amide bonds. The monoisotopic (exact) mass is 306 g/mol. The fraction of sp³-hybridized carbons (Fsp3) is 0.462. The molecule has 118 valence electrons. The molecule has 21 heavy (non-hydrogen) atoms. The van der Waals surface area contributed by atoms with Crippen molar-refractivity contribution in [3.8, 4) is 5.75 Å². The largest absolute Gasteiger partial charge is 0.491 e. The van der Waals surface area contributed by atoms with E-state index in [1.807, 2.05) is 0 Å². The highest BCUT2D eigenvalue weighted by atomic mass is 19.4. The number of alkyl halides is 3. The summed E-state index contributed by atoms with van der Waals surface area (Å²) in [7, 11) is 1.52. The van der Waals surface area contributed by atoms with E-state index in [0.29, 0.717) is 13.2 Å². The normalized spacial score (nSPS) is 11.4. The second-order valence-electron chi connectivity index (χ2n) is 4.08. The van der Waals surface area contributed by atoms with Gasteiger partial charge in [-0.05, 0) is 18.2 Å². The van der Waals surface area contributed by atoms with Crippen LogP contribution in [0.4, 0.5) is 13.2 Å². The summed E-state index contributed by atoms with van der Waals surface area (Å²) in [6, 6.07) is 3.25. The van der Waals surface area contributed by atoms with Gasteiger partial charge in [0.2, 0.25) is 0 Å². The zero-order valence-corrected chi connectivity index (χ0v) is 11.5. The molecule has 3 N–H and O–H groups in total. The highest BCUT2D eigenvalue weighted by Gasteiger charge is 2.34. The van der Waals surface area contributed by atoms with Crippen LogP contribution in [0, 0.1) is 5.41 Å². The number of amidine groups is 1. The SMILES string of the molecule is COCCOCCOc1ccc(C(=N)N)cc1C(F)(F)F. The number of benzene rings is 1. The summed E-state index contributed by atoms with van der Waals surface area (Å²) in [4.78, 5) is 0. The number of hydrogen-bond donors (Lipinski definition) is 2. The van der Waals surface area contributed by atoms with Gasteiger partial charge in [0.05, 0.1) is 25.4 Å². The van der Waals surface area contributed by atoms with Crippen molar-refractivity contribution >= 4 is 5.84 Å². The van der Waals surface area contributed by atoms with Crippen LogP contribution < -0.4 is 10.5 Å². The zero-order chi connectivity index (χ0) is 15.9. The molecule has 0 spiro atoms. The van der Waals surface area contributed by atoms with Gasteiger partial charge in [-0.3, -0.25) is 5.41 Å². The molecular formula is C13H17F3N2O3. The topological polar surface area (TPSA) is 77.6 Å². The predicted octanol–water partition coefficient (Wildman–Crippen LogP) is 2.03. The molecule has 0 aliphatic rings. The maximum Gasteiger partial charge on any atom is 0.419 e. The quantitative estimate of drug-likeness (QED) is 0.438. The van der Waals surface area contributed by atoms with Gasteiger partial charge in [-0.15, -0.1) is 0 Å². The average molecular weight is 306 g/mol. The molecule has 0 aromatic heterocycles. The number of nitrogen functional groups attached to an aromatic ring is 1. The Kier molecular flexibility index (Phi) is 6.44. The summed E-state index contributed by atoms with van der Waals surface area (Å²) in [6.45, 7) is 0.873. The molecule has 8 heteroatoms. The summed E-state index contributed by atoms with van der Waals surface area (Å²) < 4.78 is 53.7. The highest BCUT2D eigenvalue weighted by Crippen LogP contribution is 2.36. The number of methoxy groups -OCH3 is 1. The van der Waals surface area contributed by atoms with E-state index in [0.717, 1.165) is 12.1 Å². The Bertz CT molecular complexity index is 478. The zero-order valence-electron chi connectivity index (χ0n) is 11.5. The lowest BCUT2D eigenvalue weighted by molar-refractivity contribution is -0.139. The number of rotatable bonds is 8. The van der Waals surface area contributed by atoms with Gasteiger partial charge >= 0.3 is 6.18 Å². The van der Waals surface area contributed by atoms with Crippen LogP contribution in [0.5, 0.6) is 5.75 Å². The van der Waals surface area contributed by atoms with E-state index >= 15 is 0 Å². The molecule has 0 fully saturated rings. The summed E-state index contributed by atoms with van der Waals surface area (Å²) >= 11 is 0. The number of nitrogens with one attached hydrogen (secondary N) is 1. The highest BCUT2D eigenvalue weighted by molar-refractivity contribution is 5.95. The molecule has 0 bridgehead atoms. The molecule has 1 aromatic rings. The van der Waals surface area contributed by atoms with E-state index < -0.39 is 17.6 Å². The van der Waals surface area contributed by atoms with Crippen LogP contribution in [0.1, 0.15) is 11.1 Å². The summed E-state index contributed by atoms with van der Waals surface area (Å²) in [5.74, 6) is -0.752. The van der Waals surface area contributed by atoms with E-state index in [1.54, 1.807) is 0 Å². The Balaban J connectivity index is 2.70. The van der Waals surface area contributed by atoms with Crippen molar-refractivity contribution in [2.24, 2.45) is 5.73 Å². The van der Waals surface area contributed by atoms with Gasteiger partial charge in [0.1, 0.15) is 18.2 Å². The predicted molar refractivity (Wildman–Crippen MR) is 70.7 cm³/mol. The Hall–Kier alpha value is -1.80. The molecule has 0 radical (unpaired) electrons. The third-order valence-electron chi connectivity index (χ3n) is 2.51. The molecule has 0 atom stereocenters. The van der Waals surface area contributed by atoms with E-state index in [4.69, 9.17) is 25.4 Å². The Morgan fingerprint density at radius 1 is 1.19 bits per heavy atom. The second-order valence-corrected chi connectivity index (χ2v) is 4.08. The summed E-state index contributed by atoms with van der Waals surface area (Å²) in [5.41, 5.74) is 4.21. The van der Waals surface area contributed by atoms with Crippen molar-refractivity contribution in [2.45, 2.75) is 6.18 Å². The minimum absolute atomic E-state index is 0.00832. The van der Waals surface area contributed by atoms with Crippen LogP contribution in [0.3, 0.4) is 0 Å². The third kappa shape index (κ3) is 5.60. The van der Waals surface area contributed by atoms with Gasteiger partial charge in [0.15, 0.2) is 0 Å². The lowest BCUT2D eigenvalue weighted by Crippen LogP contribution is -2.16.